The van der Waals surface area contributed by atoms with Crippen molar-refractivity contribution < 1.29 is 0 Å². The summed E-state index contributed by atoms with van der Waals surface area (Å²) in [4.78, 5) is 11.1. The molecule has 0 spiro atoms. The number of hydrogen-bond donors (Lipinski definition) is 0. The minimum absolute atomic E-state index is 0.0406. The molecular weight excluding hydrogens is 956 g/mol. The Morgan fingerprint density at radius 2 is 0.696 bits per heavy atom. The van der Waals surface area contributed by atoms with Gasteiger partial charge in [0, 0.05) is 60.6 Å². The number of fused-ring (bicyclic) bond motifs is 10. The molecule has 0 atom stereocenters. The van der Waals surface area contributed by atoms with Crippen LogP contribution in [0.1, 0.15) is 105 Å². The van der Waals surface area contributed by atoms with Crippen molar-refractivity contribution in [1.29, 1.82) is 0 Å². The van der Waals surface area contributed by atoms with Crippen LogP contribution < -0.4 is 16.4 Å². The van der Waals surface area contributed by atoms with Crippen molar-refractivity contribution in [2.75, 3.05) is 0 Å². The third kappa shape index (κ3) is 7.86. The van der Waals surface area contributed by atoms with Gasteiger partial charge in [-0.15, -0.1) is 0 Å². The Hall–Kier alpha value is -8.28. The van der Waals surface area contributed by atoms with Crippen LogP contribution in [0.5, 0.6) is 0 Å². The highest BCUT2D eigenvalue weighted by Gasteiger charge is 2.42. The second-order valence-corrected chi connectivity index (χ2v) is 26.8. The van der Waals surface area contributed by atoms with Gasteiger partial charge < -0.3 is 9.13 Å². The highest BCUT2D eigenvalue weighted by atomic mass is 15.0. The van der Waals surface area contributed by atoms with Gasteiger partial charge in [-0.2, -0.15) is 0 Å². The van der Waals surface area contributed by atoms with E-state index in [2.05, 4.69) is 280 Å². The molecule has 0 saturated heterocycles. The summed E-state index contributed by atoms with van der Waals surface area (Å²) in [7, 11) is 0. The zero-order chi connectivity index (χ0) is 54.7. The fourth-order valence-corrected chi connectivity index (χ4v) is 12.9. The maximum Gasteiger partial charge on any atom is 0.252 e. The summed E-state index contributed by atoms with van der Waals surface area (Å²) in [6, 6.07) is 71.4. The van der Waals surface area contributed by atoms with Gasteiger partial charge in [-0.1, -0.05) is 217 Å². The Kier molecular flexibility index (Phi) is 10.6. The molecule has 0 unspecified atom stereocenters. The summed E-state index contributed by atoms with van der Waals surface area (Å²) in [5.41, 5.74) is 26.2. The normalized spacial score (nSPS) is 13.3. The molecule has 0 fully saturated rings. The van der Waals surface area contributed by atoms with Gasteiger partial charge >= 0.3 is 0 Å². The fourth-order valence-electron chi connectivity index (χ4n) is 12.9. The van der Waals surface area contributed by atoms with E-state index in [4.69, 9.17) is 9.97 Å². The molecular formula is C74H67BN4. The number of nitrogens with zero attached hydrogens (tertiary/aromatic N) is 4. The van der Waals surface area contributed by atoms with Crippen LogP contribution in [0.25, 0.3) is 111 Å². The third-order valence-corrected chi connectivity index (χ3v) is 17.3. The summed E-state index contributed by atoms with van der Waals surface area (Å²) in [6.45, 7) is 27.7. The number of benzene rings is 9. The molecule has 0 saturated carbocycles. The van der Waals surface area contributed by atoms with Crippen LogP contribution in [0.4, 0.5) is 0 Å². The van der Waals surface area contributed by atoms with Crippen LogP contribution >= 0.6 is 0 Å². The van der Waals surface area contributed by atoms with Gasteiger partial charge in [-0.25, -0.2) is 9.97 Å². The van der Waals surface area contributed by atoms with Crippen LogP contribution in [-0.4, -0.2) is 25.8 Å². The summed E-state index contributed by atoms with van der Waals surface area (Å²) in [5.74, 6) is 0.695. The van der Waals surface area contributed by atoms with E-state index < -0.39 is 0 Å². The lowest BCUT2D eigenvalue weighted by Crippen LogP contribution is -2.59. The van der Waals surface area contributed by atoms with Crippen molar-refractivity contribution in [2.24, 2.45) is 0 Å². The molecule has 2 aliphatic rings. The summed E-state index contributed by atoms with van der Waals surface area (Å²) >= 11 is 0. The molecule has 0 N–H and O–H groups in total. The molecule has 0 aliphatic carbocycles. The van der Waals surface area contributed by atoms with Gasteiger partial charge in [-0.05, 0) is 137 Å². The predicted octanol–water partition coefficient (Wildman–Crippen LogP) is 17.3. The standard InChI is InChI=1S/C74H67BN4/c1-71(2,3)51-27-23-44(24-28-51)48-35-57-55-41-53(73(7,8)9)31-33-63(55)78-65-39-50(70-76-61(46-19-15-13-16-20-46)43-62(77-70)47-21-17-14-18-22-47)40-66-67(65)75(59(37-48)68(57)78)60-38-49(45-25-29-52(30-26-45)72(4,5)6)36-58-56-42-54(74(10,11)12)32-34-64(56)79(66)69(58)60/h13-43H,1-12H3. The maximum absolute atomic E-state index is 5.53. The molecule has 0 amide bonds. The Morgan fingerprint density at radius 1 is 0.316 bits per heavy atom. The first-order chi connectivity index (χ1) is 37.7. The molecule has 5 heteroatoms. The first-order valence-electron chi connectivity index (χ1n) is 28.3. The number of aromatic nitrogens is 4. The van der Waals surface area contributed by atoms with Crippen LogP contribution in [0.15, 0.2) is 188 Å². The van der Waals surface area contributed by atoms with Crippen molar-refractivity contribution in [2.45, 2.75) is 105 Å². The van der Waals surface area contributed by atoms with Gasteiger partial charge in [0.05, 0.1) is 22.4 Å². The predicted molar refractivity (Wildman–Crippen MR) is 337 cm³/mol. The average Bonchev–Trinajstić information content (AvgIpc) is 2.56. The zero-order valence-corrected chi connectivity index (χ0v) is 47.8. The van der Waals surface area contributed by atoms with E-state index >= 15 is 0 Å². The molecule has 5 heterocycles. The molecule has 386 valence electrons. The van der Waals surface area contributed by atoms with E-state index in [9.17, 15) is 0 Å². The summed E-state index contributed by atoms with van der Waals surface area (Å²) in [6.07, 6.45) is 0. The van der Waals surface area contributed by atoms with E-state index in [1.165, 1.54) is 105 Å². The quantitative estimate of drug-likeness (QED) is 0.161. The number of rotatable bonds is 5. The minimum atomic E-state index is -0.110. The lowest BCUT2D eigenvalue weighted by Gasteiger charge is -2.34. The highest BCUT2D eigenvalue weighted by Crippen LogP contribution is 2.45. The Labute approximate surface area is 465 Å². The SMILES string of the molecule is CC(C)(C)c1ccc(-c2cc3c4c(c2)c2cc(C(C)(C)C)ccc2n4-c2cc(-c4nc(-c5ccccc5)cc(-c5ccccc5)n4)cc4c2B3c2cc(-c3ccc(C(C)(C)C)cc3)cc3c5cc(C(C)(C)C)ccc5n-4c23)cc1. The summed E-state index contributed by atoms with van der Waals surface area (Å²) < 4.78 is 5.22. The minimum Gasteiger partial charge on any atom is -0.310 e. The Bertz CT molecular complexity index is 4190. The van der Waals surface area contributed by atoms with Crippen LogP contribution in [0.2, 0.25) is 0 Å². The molecule has 4 nitrogen and oxygen atoms in total. The first kappa shape index (κ1) is 49.1. The topological polar surface area (TPSA) is 35.6 Å². The second kappa shape index (κ2) is 17.1. The lowest BCUT2D eigenvalue weighted by atomic mass is 9.34. The largest absolute Gasteiger partial charge is 0.310 e. The van der Waals surface area contributed by atoms with Crippen LogP contribution in [-0.2, 0) is 21.7 Å². The zero-order valence-electron chi connectivity index (χ0n) is 47.8. The molecule has 79 heavy (non-hydrogen) atoms. The lowest BCUT2D eigenvalue weighted by molar-refractivity contribution is 0.590. The van der Waals surface area contributed by atoms with E-state index in [-0.39, 0.29) is 28.4 Å². The molecule has 3 aromatic heterocycles. The van der Waals surface area contributed by atoms with Crippen molar-refractivity contribution >= 4 is 66.7 Å². The van der Waals surface area contributed by atoms with Crippen molar-refractivity contribution in [3.63, 3.8) is 0 Å². The van der Waals surface area contributed by atoms with Crippen LogP contribution in [0, 0.1) is 0 Å². The maximum atomic E-state index is 5.53. The second-order valence-electron chi connectivity index (χ2n) is 26.8. The molecule has 2 aliphatic heterocycles. The van der Waals surface area contributed by atoms with Crippen molar-refractivity contribution in [1.82, 2.24) is 19.1 Å². The van der Waals surface area contributed by atoms with Gasteiger partial charge in [0.15, 0.2) is 5.82 Å². The molecule has 0 radical (unpaired) electrons. The molecule has 0 bridgehead atoms. The third-order valence-electron chi connectivity index (χ3n) is 17.3. The van der Waals surface area contributed by atoms with E-state index in [0.29, 0.717) is 5.82 Å². The van der Waals surface area contributed by atoms with Gasteiger partial charge in [0.1, 0.15) is 0 Å². The Morgan fingerprint density at radius 3 is 1.08 bits per heavy atom. The Balaban J connectivity index is 1.15. The summed E-state index contributed by atoms with van der Waals surface area (Å²) in [5, 5.41) is 5.07. The van der Waals surface area contributed by atoms with Gasteiger partial charge in [0.25, 0.3) is 6.71 Å². The smallest absolute Gasteiger partial charge is 0.252 e. The van der Waals surface area contributed by atoms with Crippen LogP contribution in [0.3, 0.4) is 0 Å². The average molecular weight is 1020 g/mol. The van der Waals surface area contributed by atoms with Crippen molar-refractivity contribution in [3.8, 4) is 67.5 Å². The van der Waals surface area contributed by atoms with E-state index in [1.807, 2.05) is 0 Å². The molecule has 12 aromatic rings. The van der Waals surface area contributed by atoms with Crippen molar-refractivity contribution in [3.05, 3.63) is 210 Å². The van der Waals surface area contributed by atoms with E-state index in [1.54, 1.807) is 0 Å². The molecule has 14 rings (SSSR count). The molecule has 9 aromatic carbocycles. The number of hydrogen-bond acceptors (Lipinski definition) is 2. The highest BCUT2D eigenvalue weighted by molar-refractivity contribution is 7.00. The van der Waals surface area contributed by atoms with Gasteiger partial charge in [-0.3, -0.25) is 0 Å². The van der Waals surface area contributed by atoms with Gasteiger partial charge in [0.2, 0.25) is 0 Å². The fraction of sp³-hybridized carbons (Fsp3) is 0.216. The monoisotopic (exact) mass is 1020 g/mol. The van der Waals surface area contributed by atoms with E-state index in [0.717, 1.165) is 39.5 Å². The first-order valence-corrected chi connectivity index (χ1v) is 28.3.